The van der Waals surface area contributed by atoms with Gasteiger partial charge in [-0.3, -0.25) is 14.9 Å². The lowest BCUT2D eigenvalue weighted by Gasteiger charge is -2.30. The number of ether oxygens (including phenoxy) is 1. The van der Waals surface area contributed by atoms with E-state index in [1.165, 1.54) is 31.5 Å². The summed E-state index contributed by atoms with van der Waals surface area (Å²) in [4.78, 5) is 17.5. The van der Waals surface area contributed by atoms with E-state index >= 15 is 0 Å². The van der Waals surface area contributed by atoms with E-state index in [9.17, 15) is 0 Å². The highest BCUT2D eigenvalue weighted by Crippen LogP contribution is 2.39. The molecular formula is C32H28ClN5O2S. The van der Waals surface area contributed by atoms with Crippen LogP contribution in [-0.2, 0) is 6.54 Å². The molecule has 0 saturated carbocycles. The van der Waals surface area contributed by atoms with Crippen LogP contribution in [0.1, 0.15) is 25.3 Å². The molecule has 7 rings (SSSR count). The molecule has 4 aromatic heterocycles. The Kier molecular flexibility index (Phi) is 7.04. The number of likely N-dealkylation sites (tertiary alicyclic amines) is 1. The molecule has 41 heavy (non-hydrogen) atoms. The predicted molar refractivity (Wildman–Crippen MR) is 165 cm³/mol. The second-order valence-corrected chi connectivity index (χ2v) is 12.0. The van der Waals surface area contributed by atoms with Crippen molar-refractivity contribution in [2.75, 3.05) is 18.4 Å². The normalized spacial score (nSPS) is 14.6. The summed E-state index contributed by atoms with van der Waals surface area (Å²) in [5.41, 5.74) is 5.27. The van der Waals surface area contributed by atoms with Gasteiger partial charge in [0.25, 0.3) is 6.01 Å². The second-order valence-electron chi connectivity index (χ2n) is 10.5. The predicted octanol–water partition coefficient (Wildman–Crippen LogP) is 8.92. The maximum atomic E-state index is 6.33. The van der Waals surface area contributed by atoms with Gasteiger partial charge in [-0.2, -0.15) is 4.98 Å². The summed E-state index contributed by atoms with van der Waals surface area (Å²) in [6.45, 7) is 5.63. The van der Waals surface area contributed by atoms with Crippen LogP contribution in [0, 0.1) is 5.92 Å². The second kappa shape index (κ2) is 11.1. The third-order valence-corrected chi connectivity index (χ3v) is 8.83. The van der Waals surface area contributed by atoms with E-state index in [0.29, 0.717) is 27.9 Å². The highest BCUT2D eigenvalue weighted by atomic mass is 35.5. The van der Waals surface area contributed by atoms with Crippen molar-refractivity contribution in [1.29, 1.82) is 0 Å². The molecule has 6 aromatic rings. The molecule has 1 fully saturated rings. The lowest BCUT2D eigenvalue weighted by atomic mass is 9.99. The Labute approximate surface area is 246 Å². The number of halogens is 1. The Balaban J connectivity index is 1.08. The highest BCUT2D eigenvalue weighted by molar-refractivity contribution is 7.22. The Bertz CT molecular complexity index is 1810. The van der Waals surface area contributed by atoms with Gasteiger partial charge in [-0.15, -0.1) is 11.3 Å². The van der Waals surface area contributed by atoms with Crippen LogP contribution >= 0.6 is 22.9 Å². The zero-order chi connectivity index (χ0) is 27.8. The van der Waals surface area contributed by atoms with E-state index in [2.05, 4.69) is 45.3 Å². The summed E-state index contributed by atoms with van der Waals surface area (Å²) in [7, 11) is 0. The fourth-order valence-corrected chi connectivity index (χ4v) is 6.24. The number of hydrogen-bond acceptors (Lipinski definition) is 8. The van der Waals surface area contributed by atoms with Gasteiger partial charge >= 0.3 is 0 Å². The van der Waals surface area contributed by atoms with Gasteiger partial charge in [0.1, 0.15) is 17.0 Å². The van der Waals surface area contributed by atoms with Crippen LogP contribution in [0.5, 0.6) is 11.5 Å². The minimum Gasteiger partial charge on any atom is -0.456 e. The molecule has 5 heterocycles. The number of anilines is 2. The maximum absolute atomic E-state index is 6.33. The zero-order valence-corrected chi connectivity index (χ0v) is 24.1. The maximum Gasteiger partial charge on any atom is 0.300 e. The molecule has 2 aromatic carbocycles. The number of nitrogens with one attached hydrogen (secondary N) is 1. The first-order chi connectivity index (χ1) is 20.1. The number of benzene rings is 2. The summed E-state index contributed by atoms with van der Waals surface area (Å²) >= 11 is 7.62. The highest BCUT2D eigenvalue weighted by Gasteiger charge is 2.17. The zero-order valence-electron chi connectivity index (χ0n) is 22.5. The molecule has 0 radical (unpaired) electrons. The molecular weight excluding hydrogens is 554 g/mol. The third kappa shape index (κ3) is 5.77. The van der Waals surface area contributed by atoms with Gasteiger partial charge in [0.15, 0.2) is 5.58 Å². The monoisotopic (exact) mass is 581 g/mol. The molecule has 1 aliphatic rings. The number of pyridine rings is 2. The lowest BCUT2D eigenvalue weighted by molar-refractivity contribution is 0.185. The topological polar surface area (TPSA) is 76.3 Å². The number of nitrogens with zero attached hydrogens (tertiary/aromatic N) is 4. The van der Waals surface area contributed by atoms with Crippen molar-refractivity contribution < 1.29 is 9.15 Å². The Morgan fingerprint density at radius 1 is 1.00 bits per heavy atom. The van der Waals surface area contributed by atoms with E-state index in [1.54, 1.807) is 17.5 Å². The number of aromatic nitrogens is 3. The number of oxazole rings is 1. The molecule has 206 valence electrons. The van der Waals surface area contributed by atoms with Crippen molar-refractivity contribution in [2.45, 2.75) is 26.3 Å². The largest absolute Gasteiger partial charge is 0.456 e. The summed E-state index contributed by atoms with van der Waals surface area (Å²) < 4.78 is 13.2. The van der Waals surface area contributed by atoms with Crippen LogP contribution < -0.4 is 10.1 Å². The summed E-state index contributed by atoms with van der Waals surface area (Å²) in [5, 5.41) is 3.84. The Morgan fingerprint density at radius 3 is 2.66 bits per heavy atom. The Hall–Kier alpha value is -3.98. The number of rotatable bonds is 7. The van der Waals surface area contributed by atoms with Crippen LogP contribution in [0.25, 0.3) is 31.9 Å². The summed E-state index contributed by atoms with van der Waals surface area (Å²) in [6.07, 6.45) is 6.33. The van der Waals surface area contributed by atoms with E-state index in [1.807, 2.05) is 54.7 Å². The molecule has 1 aliphatic heterocycles. The molecule has 0 atom stereocenters. The van der Waals surface area contributed by atoms with Gasteiger partial charge in [0.2, 0.25) is 0 Å². The van der Waals surface area contributed by atoms with Crippen LogP contribution in [0.2, 0.25) is 5.02 Å². The van der Waals surface area contributed by atoms with Gasteiger partial charge in [-0.05, 0) is 85.9 Å². The average Bonchev–Trinajstić information content (AvgIpc) is 3.60. The van der Waals surface area contributed by atoms with E-state index < -0.39 is 0 Å². The number of piperidine rings is 1. The first-order valence-electron chi connectivity index (χ1n) is 13.7. The minimum atomic E-state index is 0.401. The number of thiophene rings is 1. The molecule has 7 nitrogen and oxygen atoms in total. The molecule has 0 spiro atoms. The van der Waals surface area contributed by atoms with Crippen molar-refractivity contribution >= 4 is 56.0 Å². The van der Waals surface area contributed by atoms with Gasteiger partial charge in [-0.1, -0.05) is 24.6 Å². The molecule has 0 amide bonds. The van der Waals surface area contributed by atoms with Crippen molar-refractivity contribution in [3.05, 3.63) is 89.7 Å². The van der Waals surface area contributed by atoms with Crippen molar-refractivity contribution in [3.63, 3.8) is 0 Å². The van der Waals surface area contributed by atoms with Crippen LogP contribution in [-0.4, -0.2) is 32.9 Å². The molecule has 1 saturated heterocycles. The van der Waals surface area contributed by atoms with E-state index in [-0.39, 0.29) is 0 Å². The van der Waals surface area contributed by atoms with E-state index in [0.717, 1.165) is 44.7 Å². The third-order valence-electron chi connectivity index (χ3n) is 7.42. The average molecular weight is 582 g/mol. The number of fused-ring (bicyclic) bond motifs is 2. The fraction of sp³-hybridized carbons (Fsp3) is 0.219. The van der Waals surface area contributed by atoms with Gasteiger partial charge in [0.05, 0.1) is 20.8 Å². The molecule has 0 aliphatic carbocycles. The van der Waals surface area contributed by atoms with Gasteiger partial charge in [-0.25, -0.2) is 0 Å². The fourth-order valence-electron chi connectivity index (χ4n) is 5.07. The molecule has 0 unspecified atom stereocenters. The summed E-state index contributed by atoms with van der Waals surface area (Å²) in [6, 6.07) is 21.6. The van der Waals surface area contributed by atoms with Crippen molar-refractivity contribution in [1.82, 2.24) is 19.9 Å². The number of hydrogen-bond donors (Lipinski definition) is 1. The minimum absolute atomic E-state index is 0.401. The summed E-state index contributed by atoms with van der Waals surface area (Å²) in [5.74, 6) is 2.24. The molecule has 9 heteroatoms. The first-order valence-corrected chi connectivity index (χ1v) is 14.9. The van der Waals surface area contributed by atoms with E-state index in [4.69, 9.17) is 25.7 Å². The lowest BCUT2D eigenvalue weighted by Crippen LogP contribution is -2.32. The van der Waals surface area contributed by atoms with Gasteiger partial charge < -0.3 is 14.5 Å². The smallest absolute Gasteiger partial charge is 0.300 e. The Morgan fingerprint density at radius 2 is 1.85 bits per heavy atom. The standard InChI is InChI=1S/C32H28ClN5O2S/c1-20-11-14-38(15-12-20)19-21-2-8-25(35-18-21)30-17-27-31(41-30)29(10-13-34-27)39-24-7-9-28-26(16-24)37-32(40-28)36-23-5-3-22(33)4-6-23/h2-10,13,16-18,20H,11-12,14-15,19H2,1H3,(H,36,37). The van der Waals surface area contributed by atoms with Crippen molar-refractivity contribution in [3.8, 4) is 22.1 Å². The van der Waals surface area contributed by atoms with Crippen LogP contribution in [0.15, 0.2) is 83.5 Å². The molecule has 0 bridgehead atoms. The quantitative estimate of drug-likeness (QED) is 0.202. The molecule has 1 N–H and O–H groups in total. The van der Waals surface area contributed by atoms with Gasteiger partial charge in [0, 0.05) is 41.8 Å². The first kappa shape index (κ1) is 26.0. The van der Waals surface area contributed by atoms with Crippen molar-refractivity contribution in [2.24, 2.45) is 5.92 Å². The van der Waals surface area contributed by atoms with Crippen LogP contribution in [0.4, 0.5) is 11.7 Å². The van der Waals surface area contributed by atoms with Crippen LogP contribution in [0.3, 0.4) is 0 Å². The SMILES string of the molecule is CC1CCN(Cc2ccc(-c3cc4nccc(Oc5ccc6oc(Nc7ccc(Cl)cc7)nc6c5)c4s3)nc2)CC1.